The van der Waals surface area contributed by atoms with Crippen molar-refractivity contribution in [3.05, 3.63) is 48.3 Å². The average molecular weight is 276 g/mol. The van der Waals surface area contributed by atoms with Crippen LogP contribution in [-0.2, 0) is 0 Å². The molecule has 0 aliphatic carbocycles. The van der Waals surface area contributed by atoms with E-state index in [1.165, 1.54) is 18.3 Å². The number of halogens is 1. The van der Waals surface area contributed by atoms with Gasteiger partial charge in [0.1, 0.15) is 11.5 Å². The van der Waals surface area contributed by atoms with Crippen LogP contribution in [0.3, 0.4) is 0 Å². The van der Waals surface area contributed by atoms with Crippen LogP contribution in [0.4, 0.5) is 4.39 Å². The summed E-state index contributed by atoms with van der Waals surface area (Å²) in [6, 6.07) is 5.94. The lowest BCUT2D eigenvalue weighted by atomic mass is 10.3. The first-order chi connectivity index (χ1) is 9.63. The molecule has 1 aromatic carbocycles. The molecule has 0 saturated carbocycles. The molecule has 0 radical (unpaired) electrons. The molecular weight excluding hydrogens is 259 g/mol. The second-order valence-electron chi connectivity index (χ2n) is 4.46. The number of aromatic nitrogens is 2. The average Bonchev–Trinajstić information content (AvgIpc) is 2.94. The molecule has 0 bridgehead atoms. The Hall–Kier alpha value is -2.21. The van der Waals surface area contributed by atoms with Crippen LogP contribution < -0.4 is 5.32 Å². The number of nitrogens with one attached hydrogen (secondary N) is 1. The van der Waals surface area contributed by atoms with Crippen LogP contribution in [0.5, 0.6) is 0 Å². The normalized spacial score (nSPS) is 10.6. The third-order valence-corrected chi connectivity index (χ3v) is 3.01. The lowest BCUT2D eigenvalue weighted by Gasteiger charge is -2.17. The number of carbonyl (C=O) groups is 1. The molecule has 106 valence electrons. The molecule has 0 aliphatic rings. The third-order valence-electron chi connectivity index (χ3n) is 3.01. The summed E-state index contributed by atoms with van der Waals surface area (Å²) in [7, 11) is 3.57. The minimum absolute atomic E-state index is 0.123. The van der Waals surface area contributed by atoms with Crippen molar-refractivity contribution in [1.29, 1.82) is 0 Å². The molecule has 1 N–H and O–H groups in total. The van der Waals surface area contributed by atoms with E-state index in [9.17, 15) is 9.18 Å². The van der Waals surface area contributed by atoms with E-state index in [0.29, 0.717) is 24.5 Å². The van der Waals surface area contributed by atoms with Gasteiger partial charge in [0.2, 0.25) is 0 Å². The van der Waals surface area contributed by atoms with Crippen molar-refractivity contribution in [1.82, 2.24) is 19.8 Å². The molecule has 2 rings (SSSR count). The van der Waals surface area contributed by atoms with Crippen molar-refractivity contribution < 1.29 is 9.18 Å². The van der Waals surface area contributed by atoms with Gasteiger partial charge in [-0.15, -0.1) is 0 Å². The van der Waals surface area contributed by atoms with Crippen LogP contribution in [0.1, 0.15) is 10.5 Å². The van der Waals surface area contributed by atoms with Gasteiger partial charge in [0.25, 0.3) is 5.91 Å². The Labute approximate surface area is 117 Å². The molecule has 0 fully saturated rings. The van der Waals surface area contributed by atoms with Crippen molar-refractivity contribution in [3.8, 4) is 5.69 Å². The fourth-order valence-corrected chi connectivity index (χ4v) is 1.84. The number of benzene rings is 1. The number of likely N-dealkylation sites (N-methyl/N-ethyl adjacent to an activating group) is 2. The zero-order valence-electron chi connectivity index (χ0n) is 11.5. The maximum atomic E-state index is 12.9. The number of hydrogen-bond donors (Lipinski definition) is 1. The van der Waals surface area contributed by atoms with E-state index in [1.54, 1.807) is 35.0 Å². The topological polar surface area (TPSA) is 50.2 Å². The molecule has 1 amide bonds. The highest BCUT2D eigenvalue weighted by atomic mass is 19.1. The molecule has 0 atom stereocenters. The molecule has 1 heterocycles. The van der Waals surface area contributed by atoms with Crippen molar-refractivity contribution >= 4 is 5.91 Å². The molecule has 0 unspecified atom stereocenters. The number of carbonyl (C=O) groups excluding carboxylic acids is 1. The minimum atomic E-state index is -0.312. The Bertz CT molecular complexity index is 579. The van der Waals surface area contributed by atoms with Gasteiger partial charge < -0.3 is 10.2 Å². The van der Waals surface area contributed by atoms with Crippen LogP contribution in [0, 0.1) is 5.82 Å². The Balaban J connectivity index is 2.24. The first kappa shape index (κ1) is 14.2. The quantitative estimate of drug-likeness (QED) is 0.895. The van der Waals surface area contributed by atoms with Gasteiger partial charge in [0.15, 0.2) is 0 Å². The highest BCUT2D eigenvalue weighted by molar-refractivity contribution is 5.92. The van der Waals surface area contributed by atoms with Crippen molar-refractivity contribution in [2.45, 2.75) is 0 Å². The SMILES string of the molecule is CNCCN(C)C(=O)c1cncn1-c1ccc(F)cc1. The molecule has 0 saturated heterocycles. The van der Waals surface area contributed by atoms with E-state index in [4.69, 9.17) is 0 Å². The predicted octanol–water partition coefficient (Wildman–Crippen LogP) is 1.30. The van der Waals surface area contributed by atoms with Crippen LogP contribution in [-0.4, -0.2) is 47.5 Å². The van der Waals surface area contributed by atoms with Crippen LogP contribution in [0.15, 0.2) is 36.8 Å². The fourth-order valence-electron chi connectivity index (χ4n) is 1.84. The lowest BCUT2D eigenvalue weighted by Crippen LogP contribution is -2.33. The number of imidazole rings is 1. The summed E-state index contributed by atoms with van der Waals surface area (Å²) in [5, 5.41) is 2.99. The second kappa shape index (κ2) is 6.29. The monoisotopic (exact) mass is 276 g/mol. The lowest BCUT2D eigenvalue weighted by molar-refractivity contribution is 0.0789. The largest absolute Gasteiger partial charge is 0.339 e. The van der Waals surface area contributed by atoms with E-state index in [0.717, 1.165) is 0 Å². The number of amides is 1. The molecule has 1 aromatic heterocycles. The van der Waals surface area contributed by atoms with Gasteiger partial charge in [0, 0.05) is 25.8 Å². The second-order valence-corrected chi connectivity index (χ2v) is 4.46. The molecule has 6 heteroatoms. The van der Waals surface area contributed by atoms with Crippen molar-refractivity contribution in [3.63, 3.8) is 0 Å². The summed E-state index contributed by atoms with van der Waals surface area (Å²) in [6.45, 7) is 1.32. The molecular formula is C14H17FN4O. The Morgan fingerprint density at radius 3 is 2.75 bits per heavy atom. The van der Waals surface area contributed by atoms with Gasteiger partial charge in [-0.3, -0.25) is 9.36 Å². The van der Waals surface area contributed by atoms with Crippen LogP contribution >= 0.6 is 0 Å². The van der Waals surface area contributed by atoms with E-state index < -0.39 is 0 Å². The first-order valence-electron chi connectivity index (χ1n) is 6.32. The number of nitrogens with zero attached hydrogens (tertiary/aromatic N) is 3. The van der Waals surface area contributed by atoms with Gasteiger partial charge in [-0.1, -0.05) is 0 Å². The van der Waals surface area contributed by atoms with Crippen molar-refractivity contribution in [2.24, 2.45) is 0 Å². The zero-order chi connectivity index (χ0) is 14.5. The van der Waals surface area contributed by atoms with Crippen LogP contribution in [0.2, 0.25) is 0 Å². The minimum Gasteiger partial charge on any atom is -0.339 e. The standard InChI is InChI=1S/C14H17FN4O/c1-16-7-8-18(2)14(20)13-9-17-10-19(13)12-5-3-11(15)4-6-12/h3-6,9-10,16H,7-8H2,1-2H3. The molecule has 2 aromatic rings. The van der Waals surface area contributed by atoms with Gasteiger partial charge in [-0.25, -0.2) is 9.37 Å². The highest BCUT2D eigenvalue weighted by Gasteiger charge is 2.16. The van der Waals surface area contributed by atoms with E-state index in [1.807, 2.05) is 7.05 Å². The molecule has 20 heavy (non-hydrogen) atoms. The Morgan fingerprint density at radius 2 is 2.10 bits per heavy atom. The Morgan fingerprint density at radius 1 is 1.40 bits per heavy atom. The zero-order valence-corrected chi connectivity index (χ0v) is 11.5. The van der Waals surface area contributed by atoms with Crippen LogP contribution in [0.25, 0.3) is 5.69 Å². The molecule has 5 nitrogen and oxygen atoms in total. The Kier molecular flexibility index (Phi) is 4.47. The smallest absolute Gasteiger partial charge is 0.272 e. The predicted molar refractivity (Wildman–Crippen MR) is 74.4 cm³/mol. The van der Waals surface area contributed by atoms with Crippen molar-refractivity contribution in [2.75, 3.05) is 27.2 Å². The van der Waals surface area contributed by atoms with Gasteiger partial charge in [-0.05, 0) is 31.3 Å². The van der Waals surface area contributed by atoms with Gasteiger partial charge >= 0.3 is 0 Å². The molecule has 0 aliphatic heterocycles. The summed E-state index contributed by atoms with van der Waals surface area (Å²) in [6.07, 6.45) is 3.06. The highest BCUT2D eigenvalue weighted by Crippen LogP contribution is 2.13. The van der Waals surface area contributed by atoms with Gasteiger partial charge in [0.05, 0.1) is 12.5 Å². The summed E-state index contributed by atoms with van der Waals surface area (Å²) in [4.78, 5) is 18.0. The third kappa shape index (κ3) is 3.03. The number of rotatable bonds is 5. The van der Waals surface area contributed by atoms with E-state index in [2.05, 4.69) is 10.3 Å². The van der Waals surface area contributed by atoms with E-state index in [-0.39, 0.29) is 11.7 Å². The number of hydrogen-bond acceptors (Lipinski definition) is 3. The summed E-state index contributed by atoms with van der Waals surface area (Å²) >= 11 is 0. The van der Waals surface area contributed by atoms with E-state index >= 15 is 0 Å². The summed E-state index contributed by atoms with van der Waals surface area (Å²) in [5.74, 6) is -0.435. The fraction of sp³-hybridized carbons (Fsp3) is 0.286. The van der Waals surface area contributed by atoms with Gasteiger partial charge in [-0.2, -0.15) is 0 Å². The maximum Gasteiger partial charge on any atom is 0.272 e. The summed E-state index contributed by atoms with van der Waals surface area (Å²) in [5.41, 5.74) is 1.16. The summed E-state index contributed by atoms with van der Waals surface area (Å²) < 4.78 is 14.6. The molecule has 0 spiro atoms. The first-order valence-corrected chi connectivity index (χ1v) is 6.32. The maximum absolute atomic E-state index is 12.9.